The number of para-hydroxylation sites is 1. The lowest BCUT2D eigenvalue weighted by atomic mass is 9.97. The van der Waals surface area contributed by atoms with Crippen LogP contribution in [-0.2, 0) is 6.42 Å². The Kier molecular flexibility index (Phi) is 3.69. The molecule has 0 aliphatic heterocycles. The molecular weight excluding hydrogens is 260 g/mol. The molecule has 0 aliphatic carbocycles. The Bertz CT molecular complexity index is 785. The Hall–Kier alpha value is -2.61. The highest BCUT2D eigenvalue weighted by atomic mass is 16.5. The highest BCUT2D eigenvalue weighted by molar-refractivity contribution is 6.02. The SMILES string of the molecule is COc1ccccc1C(=O)Cc1cccc2ccccc12. The summed E-state index contributed by atoms with van der Waals surface area (Å²) in [4.78, 5) is 12.6. The molecule has 0 heterocycles. The molecule has 0 aromatic heterocycles. The molecule has 0 bridgehead atoms. The summed E-state index contributed by atoms with van der Waals surface area (Å²) in [6.07, 6.45) is 0.377. The number of fused-ring (bicyclic) bond motifs is 1. The Morgan fingerprint density at radius 3 is 2.48 bits per heavy atom. The Morgan fingerprint density at radius 1 is 0.905 bits per heavy atom. The van der Waals surface area contributed by atoms with Gasteiger partial charge in [0.25, 0.3) is 0 Å². The number of hydrogen-bond donors (Lipinski definition) is 0. The fourth-order valence-electron chi connectivity index (χ4n) is 2.59. The van der Waals surface area contributed by atoms with Crippen molar-refractivity contribution in [1.29, 1.82) is 0 Å². The number of methoxy groups -OCH3 is 1. The zero-order chi connectivity index (χ0) is 14.7. The van der Waals surface area contributed by atoms with Crippen LogP contribution in [0.15, 0.2) is 66.7 Å². The second-order valence-electron chi connectivity index (χ2n) is 4.94. The summed E-state index contributed by atoms with van der Waals surface area (Å²) in [5.74, 6) is 0.700. The van der Waals surface area contributed by atoms with Crippen LogP contribution < -0.4 is 4.74 Å². The van der Waals surface area contributed by atoms with Gasteiger partial charge in [0, 0.05) is 6.42 Å². The first-order valence-corrected chi connectivity index (χ1v) is 6.92. The van der Waals surface area contributed by atoms with Crippen molar-refractivity contribution in [3.05, 3.63) is 77.9 Å². The second kappa shape index (κ2) is 5.80. The lowest BCUT2D eigenvalue weighted by molar-refractivity contribution is 0.0990. The van der Waals surface area contributed by atoms with E-state index in [1.165, 1.54) is 0 Å². The molecule has 0 unspecified atom stereocenters. The number of ether oxygens (including phenoxy) is 1. The standard InChI is InChI=1S/C19H16O2/c1-21-19-12-5-4-11-17(19)18(20)13-15-9-6-8-14-7-2-3-10-16(14)15/h2-12H,13H2,1H3. The van der Waals surface area contributed by atoms with Crippen molar-refractivity contribution < 1.29 is 9.53 Å². The van der Waals surface area contributed by atoms with E-state index < -0.39 is 0 Å². The number of hydrogen-bond acceptors (Lipinski definition) is 2. The van der Waals surface area contributed by atoms with Gasteiger partial charge >= 0.3 is 0 Å². The fourth-order valence-corrected chi connectivity index (χ4v) is 2.59. The summed E-state index contributed by atoms with van der Waals surface area (Å²) >= 11 is 0. The van der Waals surface area contributed by atoms with Gasteiger partial charge in [-0.25, -0.2) is 0 Å². The molecule has 0 saturated carbocycles. The van der Waals surface area contributed by atoms with E-state index in [4.69, 9.17) is 4.74 Å². The minimum Gasteiger partial charge on any atom is -0.496 e. The van der Waals surface area contributed by atoms with Crippen LogP contribution in [0.25, 0.3) is 10.8 Å². The van der Waals surface area contributed by atoms with Gasteiger partial charge < -0.3 is 4.74 Å². The average molecular weight is 276 g/mol. The third kappa shape index (κ3) is 2.65. The average Bonchev–Trinajstić information content (AvgIpc) is 2.55. The van der Waals surface area contributed by atoms with E-state index in [-0.39, 0.29) is 5.78 Å². The second-order valence-corrected chi connectivity index (χ2v) is 4.94. The molecule has 0 fully saturated rings. The highest BCUT2D eigenvalue weighted by Crippen LogP contribution is 2.23. The maximum Gasteiger partial charge on any atom is 0.170 e. The smallest absolute Gasteiger partial charge is 0.170 e. The molecule has 104 valence electrons. The zero-order valence-corrected chi connectivity index (χ0v) is 11.9. The normalized spacial score (nSPS) is 10.5. The van der Waals surface area contributed by atoms with Crippen molar-refractivity contribution in [3.63, 3.8) is 0 Å². The summed E-state index contributed by atoms with van der Waals surface area (Å²) in [5, 5.41) is 2.28. The monoisotopic (exact) mass is 276 g/mol. The van der Waals surface area contributed by atoms with Crippen molar-refractivity contribution in [2.24, 2.45) is 0 Å². The van der Waals surface area contributed by atoms with Crippen LogP contribution in [0.1, 0.15) is 15.9 Å². The minimum atomic E-state index is 0.0730. The number of Topliss-reactive ketones (excluding diaryl/α,β-unsaturated/α-hetero) is 1. The molecule has 0 saturated heterocycles. The topological polar surface area (TPSA) is 26.3 Å². The molecule has 0 amide bonds. The summed E-state index contributed by atoms with van der Waals surface area (Å²) in [7, 11) is 1.59. The van der Waals surface area contributed by atoms with Crippen LogP contribution in [0.2, 0.25) is 0 Å². The number of carbonyl (C=O) groups excluding carboxylic acids is 1. The molecule has 0 N–H and O–H groups in total. The fraction of sp³-hybridized carbons (Fsp3) is 0.105. The van der Waals surface area contributed by atoms with Gasteiger partial charge in [-0.1, -0.05) is 54.6 Å². The first-order valence-electron chi connectivity index (χ1n) is 6.92. The number of ketones is 1. The molecule has 3 aromatic carbocycles. The largest absolute Gasteiger partial charge is 0.496 e. The molecule has 0 aliphatic rings. The third-order valence-electron chi connectivity index (χ3n) is 3.64. The molecule has 3 rings (SSSR count). The van der Waals surface area contributed by atoms with E-state index >= 15 is 0 Å². The van der Waals surface area contributed by atoms with Gasteiger partial charge in [-0.2, -0.15) is 0 Å². The molecule has 2 heteroatoms. The van der Waals surface area contributed by atoms with Crippen molar-refractivity contribution >= 4 is 16.6 Å². The van der Waals surface area contributed by atoms with Gasteiger partial charge in [0.05, 0.1) is 12.7 Å². The van der Waals surface area contributed by atoms with Crippen LogP contribution in [0.5, 0.6) is 5.75 Å². The van der Waals surface area contributed by atoms with E-state index in [9.17, 15) is 4.79 Å². The maximum absolute atomic E-state index is 12.6. The van der Waals surface area contributed by atoms with Crippen LogP contribution >= 0.6 is 0 Å². The molecular formula is C19H16O2. The molecule has 21 heavy (non-hydrogen) atoms. The van der Waals surface area contributed by atoms with E-state index in [2.05, 4.69) is 18.2 Å². The summed E-state index contributed by atoms with van der Waals surface area (Å²) in [6.45, 7) is 0. The van der Waals surface area contributed by atoms with Gasteiger partial charge in [-0.3, -0.25) is 4.79 Å². The van der Waals surface area contributed by atoms with Gasteiger partial charge in [0.2, 0.25) is 0 Å². The minimum absolute atomic E-state index is 0.0730. The number of carbonyl (C=O) groups is 1. The van der Waals surface area contributed by atoms with Gasteiger partial charge in [-0.05, 0) is 28.5 Å². The quantitative estimate of drug-likeness (QED) is 0.665. The molecule has 0 spiro atoms. The van der Waals surface area contributed by atoms with E-state index in [1.54, 1.807) is 7.11 Å². The van der Waals surface area contributed by atoms with Crippen molar-refractivity contribution in [1.82, 2.24) is 0 Å². The Balaban J connectivity index is 1.97. The number of rotatable bonds is 4. The van der Waals surface area contributed by atoms with Crippen LogP contribution in [0, 0.1) is 0 Å². The van der Waals surface area contributed by atoms with Gasteiger partial charge in [-0.15, -0.1) is 0 Å². The summed E-state index contributed by atoms with van der Waals surface area (Å²) in [5.41, 5.74) is 1.68. The molecule has 3 aromatic rings. The predicted octanol–water partition coefficient (Wildman–Crippen LogP) is 4.27. The number of benzene rings is 3. The first-order chi connectivity index (χ1) is 10.3. The lowest BCUT2D eigenvalue weighted by Crippen LogP contribution is -2.06. The maximum atomic E-state index is 12.6. The first kappa shape index (κ1) is 13.4. The molecule has 0 atom stereocenters. The van der Waals surface area contributed by atoms with Gasteiger partial charge in [0.1, 0.15) is 5.75 Å². The van der Waals surface area contributed by atoms with Crippen LogP contribution in [-0.4, -0.2) is 12.9 Å². The van der Waals surface area contributed by atoms with Crippen LogP contribution in [0.4, 0.5) is 0 Å². The van der Waals surface area contributed by atoms with E-state index in [0.717, 1.165) is 16.3 Å². The van der Waals surface area contributed by atoms with Crippen molar-refractivity contribution in [2.45, 2.75) is 6.42 Å². The summed E-state index contributed by atoms with van der Waals surface area (Å²) < 4.78 is 5.27. The van der Waals surface area contributed by atoms with Crippen LogP contribution in [0.3, 0.4) is 0 Å². The van der Waals surface area contributed by atoms with E-state index in [1.807, 2.05) is 48.5 Å². The van der Waals surface area contributed by atoms with Gasteiger partial charge in [0.15, 0.2) is 5.78 Å². The Morgan fingerprint density at radius 2 is 1.62 bits per heavy atom. The third-order valence-corrected chi connectivity index (χ3v) is 3.64. The van der Waals surface area contributed by atoms with E-state index in [0.29, 0.717) is 17.7 Å². The lowest BCUT2D eigenvalue weighted by Gasteiger charge is -2.09. The highest BCUT2D eigenvalue weighted by Gasteiger charge is 2.13. The molecule has 2 nitrogen and oxygen atoms in total. The Labute approximate surface area is 124 Å². The van der Waals surface area contributed by atoms with Crippen molar-refractivity contribution in [3.8, 4) is 5.75 Å². The van der Waals surface area contributed by atoms with Crippen molar-refractivity contribution in [2.75, 3.05) is 7.11 Å². The summed E-state index contributed by atoms with van der Waals surface area (Å²) in [6, 6.07) is 21.5. The molecule has 0 radical (unpaired) electrons. The predicted molar refractivity (Wildman–Crippen MR) is 85.0 cm³/mol. The zero-order valence-electron chi connectivity index (χ0n) is 11.9.